The van der Waals surface area contributed by atoms with E-state index in [9.17, 15) is 4.79 Å². The van der Waals surface area contributed by atoms with Crippen LogP contribution in [0, 0.1) is 6.92 Å². The molecule has 1 fully saturated rings. The normalized spacial score (nSPS) is 15.3. The molecular weight excluding hydrogens is 286 g/mol. The Kier molecular flexibility index (Phi) is 3.97. The van der Waals surface area contributed by atoms with Gasteiger partial charge in [-0.15, -0.1) is 0 Å². The monoisotopic (exact) mass is 303 g/mol. The predicted molar refractivity (Wildman–Crippen MR) is 83.9 cm³/mol. The average molecular weight is 304 g/mol. The quantitative estimate of drug-likeness (QED) is 0.923. The first-order chi connectivity index (χ1) is 10.1. The van der Waals surface area contributed by atoms with E-state index in [1.165, 1.54) is 12.8 Å². The zero-order valence-electron chi connectivity index (χ0n) is 12.0. The number of halogens is 1. The van der Waals surface area contributed by atoms with Gasteiger partial charge in [-0.3, -0.25) is 4.79 Å². The zero-order valence-corrected chi connectivity index (χ0v) is 12.7. The van der Waals surface area contributed by atoms with E-state index in [0.717, 1.165) is 24.4 Å². The lowest BCUT2D eigenvalue weighted by Crippen LogP contribution is -2.17. The number of hydrogen-bond acceptors (Lipinski definition) is 2. The molecule has 0 saturated heterocycles. The molecule has 0 radical (unpaired) electrons. The molecular formula is C16H18ClN3O. The highest BCUT2D eigenvalue weighted by Crippen LogP contribution is 2.32. The lowest BCUT2D eigenvalue weighted by Gasteiger charge is -2.14. The number of carbonyl (C=O) groups excluding carboxylic acids is 1. The topological polar surface area (TPSA) is 46.9 Å². The van der Waals surface area contributed by atoms with Gasteiger partial charge in [-0.25, -0.2) is 4.68 Å². The van der Waals surface area contributed by atoms with E-state index in [1.807, 2.05) is 17.7 Å². The summed E-state index contributed by atoms with van der Waals surface area (Å²) in [5, 5.41) is 8.05. The molecule has 2 aromatic rings. The molecule has 1 aromatic carbocycles. The van der Waals surface area contributed by atoms with Gasteiger partial charge in [0.05, 0.1) is 11.7 Å². The number of benzene rings is 1. The number of amides is 1. The molecule has 0 unspecified atom stereocenters. The number of hydrogen-bond donors (Lipinski definition) is 1. The number of nitrogens with one attached hydrogen (secondary N) is 1. The molecule has 0 spiro atoms. The molecule has 1 N–H and O–H groups in total. The molecule has 1 aromatic heterocycles. The summed E-state index contributed by atoms with van der Waals surface area (Å²) in [5.41, 5.74) is 1.47. The van der Waals surface area contributed by atoms with E-state index < -0.39 is 0 Å². The Balaban J connectivity index is 1.82. The van der Waals surface area contributed by atoms with Crippen LogP contribution in [0.2, 0.25) is 5.02 Å². The van der Waals surface area contributed by atoms with Crippen LogP contribution in [0.15, 0.2) is 30.3 Å². The first-order valence-electron chi connectivity index (χ1n) is 7.26. The van der Waals surface area contributed by atoms with Crippen molar-refractivity contribution in [3.63, 3.8) is 0 Å². The minimum atomic E-state index is -0.156. The molecule has 1 saturated carbocycles. The molecule has 1 aliphatic rings. The van der Waals surface area contributed by atoms with E-state index in [0.29, 0.717) is 16.6 Å². The standard InChI is InChI=1S/C16H18ClN3O/c1-11-9-15(20(19-11)14-7-2-3-8-14)18-16(21)12-5-4-6-13(17)10-12/h4-6,9-10,14H,2-3,7-8H2,1H3,(H,18,21). The van der Waals surface area contributed by atoms with E-state index >= 15 is 0 Å². The fraction of sp³-hybridized carbons (Fsp3) is 0.375. The lowest BCUT2D eigenvalue weighted by molar-refractivity contribution is 0.102. The highest BCUT2D eigenvalue weighted by Gasteiger charge is 2.21. The Bertz CT molecular complexity index is 659. The van der Waals surface area contributed by atoms with Gasteiger partial charge < -0.3 is 5.32 Å². The van der Waals surface area contributed by atoms with E-state index in [1.54, 1.807) is 24.3 Å². The largest absolute Gasteiger partial charge is 0.307 e. The van der Waals surface area contributed by atoms with Gasteiger partial charge in [0.15, 0.2) is 0 Å². The second-order valence-electron chi connectivity index (χ2n) is 5.52. The number of aryl methyl sites for hydroxylation is 1. The first-order valence-corrected chi connectivity index (χ1v) is 7.64. The highest BCUT2D eigenvalue weighted by molar-refractivity contribution is 6.31. The van der Waals surface area contributed by atoms with Crippen molar-refractivity contribution in [1.29, 1.82) is 0 Å². The van der Waals surface area contributed by atoms with Crippen molar-refractivity contribution in [2.75, 3.05) is 5.32 Å². The zero-order chi connectivity index (χ0) is 14.8. The second kappa shape index (κ2) is 5.90. The van der Waals surface area contributed by atoms with Crippen molar-refractivity contribution < 1.29 is 4.79 Å². The van der Waals surface area contributed by atoms with Gasteiger partial charge in [-0.2, -0.15) is 5.10 Å². The van der Waals surface area contributed by atoms with Crippen molar-refractivity contribution in [3.05, 3.63) is 46.6 Å². The third kappa shape index (κ3) is 3.10. The molecule has 1 amide bonds. The van der Waals surface area contributed by atoms with Gasteiger partial charge in [-0.1, -0.05) is 30.5 Å². The van der Waals surface area contributed by atoms with E-state index in [2.05, 4.69) is 10.4 Å². The Morgan fingerprint density at radius 3 is 2.81 bits per heavy atom. The van der Waals surface area contributed by atoms with Crippen LogP contribution in [0.25, 0.3) is 0 Å². The molecule has 3 rings (SSSR count). The Morgan fingerprint density at radius 2 is 2.10 bits per heavy atom. The summed E-state index contributed by atoms with van der Waals surface area (Å²) in [6.45, 7) is 1.94. The summed E-state index contributed by atoms with van der Waals surface area (Å²) in [6.07, 6.45) is 4.71. The van der Waals surface area contributed by atoms with Crippen LogP contribution in [-0.2, 0) is 0 Å². The molecule has 0 aliphatic heterocycles. The number of rotatable bonds is 3. The molecule has 0 bridgehead atoms. The number of anilines is 1. The second-order valence-corrected chi connectivity index (χ2v) is 5.95. The van der Waals surface area contributed by atoms with Gasteiger partial charge in [-0.05, 0) is 38.0 Å². The summed E-state index contributed by atoms with van der Waals surface area (Å²) in [4.78, 5) is 12.3. The summed E-state index contributed by atoms with van der Waals surface area (Å²) in [7, 11) is 0. The first kappa shape index (κ1) is 14.1. The third-order valence-corrected chi connectivity index (χ3v) is 4.09. The summed E-state index contributed by atoms with van der Waals surface area (Å²) >= 11 is 5.93. The van der Waals surface area contributed by atoms with E-state index in [4.69, 9.17) is 11.6 Å². The highest BCUT2D eigenvalue weighted by atomic mass is 35.5. The summed E-state index contributed by atoms with van der Waals surface area (Å²) < 4.78 is 1.96. The Hall–Kier alpha value is -1.81. The minimum Gasteiger partial charge on any atom is -0.307 e. The average Bonchev–Trinajstić information content (AvgIpc) is 3.08. The lowest BCUT2D eigenvalue weighted by atomic mass is 10.2. The molecule has 1 heterocycles. The van der Waals surface area contributed by atoms with Crippen molar-refractivity contribution >= 4 is 23.3 Å². The maximum absolute atomic E-state index is 12.3. The van der Waals surface area contributed by atoms with Crippen molar-refractivity contribution in [2.45, 2.75) is 38.6 Å². The van der Waals surface area contributed by atoms with Crippen LogP contribution in [-0.4, -0.2) is 15.7 Å². The van der Waals surface area contributed by atoms with Crippen molar-refractivity contribution in [3.8, 4) is 0 Å². The fourth-order valence-electron chi connectivity index (χ4n) is 2.86. The van der Waals surface area contributed by atoms with Gasteiger partial charge in [0, 0.05) is 16.7 Å². The summed E-state index contributed by atoms with van der Waals surface area (Å²) in [6, 6.07) is 9.26. The number of carbonyl (C=O) groups is 1. The van der Waals surface area contributed by atoms with E-state index in [-0.39, 0.29) is 5.91 Å². The Labute approximate surface area is 129 Å². The predicted octanol–water partition coefficient (Wildman–Crippen LogP) is 4.21. The van der Waals surface area contributed by atoms with Crippen LogP contribution in [0.3, 0.4) is 0 Å². The van der Waals surface area contributed by atoms with Gasteiger partial charge in [0.1, 0.15) is 5.82 Å². The molecule has 21 heavy (non-hydrogen) atoms. The van der Waals surface area contributed by atoms with Crippen LogP contribution < -0.4 is 5.32 Å². The number of nitrogens with zero attached hydrogens (tertiary/aromatic N) is 2. The minimum absolute atomic E-state index is 0.156. The molecule has 1 aliphatic carbocycles. The van der Waals surface area contributed by atoms with Crippen LogP contribution >= 0.6 is 11.6 Å². The molecule has 0 atom stereocenters. The molecule has 4 nitrogen and oxygen atoms in total. The van der Waals surface area contributed by atoms with Gasteiger partial charge in [0.25, 0.3) is 5.91 Å². The SMILES string of the molecule is Cc1cc(NC(=O)c2cccc(Cl)c2)n(C2CCCC2)n1. The van der Waals surface area contributed by atoms with Gasteiger partial charge >= 0.3 is 0 Å². The maximum Gasteiger partial charge on any atom is 0.256 e. The van der Waals surface area contributed by atoms with Crippen LogP contribution in [0.5, 0.6) is 0 Å². The maximum atomic E-state index is 12.3. The fourth-order valence-corrected chi connectivity index (χ4v) is 3.05. The third-order valence-electron chi connectivity index (χ3n) is 3.86. The van der Waals surface area contributed by atoms with Crippen LogP contribution in [0.4, 0.5) is 5.82 Å². The smallest absolute Gasteiger partial charge is 0.256 e. The Morgan fingerprint density at radius 1 is 1.33 bits per heavy atom. The van der Waals surface area contributed by atoms with Crippen molar-refractivity contribution in [1.82, 2.24) is 9.78 Å². The summed E-state index contributed by atoms with van der Waals surface area (Å²) in [5.74, 6) is 0.612. The molecule has 5 heteroatoms. The van der Waals surface area contributed by atoms with Gasteiger partial charge in [0.2, 0.25) is 0 Å². The van der Waals surface area contributed by atoms with Crippen LogP contribution in [0.1, 0.15) is 47.8 Å². The number of aromatic nitrogens is 2. The van der Waals surface area contributed by atoms with Crippen molar-refractivity contribution in [2.24, 2.45) is 0 Å². The molecule has 110 valence electrons.